The lowest BCUT2D eigenvalue weighted by Gasteiger charge is -2.26. The van der Waals surface area contributed by atoms with Crippen molar-refractivity contribution >= 4 is 0 Å². The summed E-state index contributed by atoms with van der Waals surface area (Å²) in [6.45, 7) is 1.88. The molecule has 0 aromatic heterocycles. The van der Waals surface area contributed by atoms with Crippen molar-refractivity contribution in [3.05, 3.63) is 22.3 Å². The van der Waals surface area contributed by atoms with Gasteiger partial charge in [0.15, 0.2) is 0 Å². The van der Waals surface area contributed by atoms with Gasteiger partial charge >= 0.3 is 0 Å². The number of rotatable bonds is 0. The van der Waals surface area contributed by atoms with E-state index in [9.17, 15) is 0 Å². The second-order valence-electron chi connectivity index (χ2n) is 4.32. The van der Waals surface area contributed by atoms with Crippen molar-refractivity contribution in [2.75, 3.05) is 13.2 Å². The third-order valence-electron chi connectivity index (χ3n) is 3.62. The molecule has 3 rings (SSSR count). The standard InChI is InChI=1S/C12H16O/c1-2-9-4-5-10-8-13-7-6-12(10)11(9)3-1/h1-8H2. The van der Waals surface area contributed by atoms with Gasteiger partial charge in [0.2, 0.25) is 0 Å². The van der Waals surface area contributed by atoms with E-state index in [-0.39, 0.29) is 0 Å². The second kappa shape index (κ2) is 2.98. The molecule has 1 nitrogen and oxygen atoms in total. The average molecular weight is 176 g/mol. The molecule has 0 fully saturated rings. The first-order valence-electron chi connectivity index (χ1n) is 5.45. The van der Waals surface area contributed by atoms with Crippen LogP contribution in [0.5, 0.6) is 0 Å². The normalized spacial score (nSPS) is 27.7. The molecule has 0 radical (unpaired) electrons. The van der Waals surface area contributed by atoms with E-state index in [0.717, 1.165) is 13.2 Å². The molecule has 1 aliphatic heterocycles. The quantitative estimate of drug-likeness (QED) is 0.551. The van der Waals surface area contributed by atoms with Gasteiger partial charge in [0.25, 0.3) is 0 Å². The van der Waals surface area contributed by atoms with E-state index in [1.165, 1.54) is 38.5 Å². The molecule has 0 N–H and O–H groups in total. The Morgan fingerprint density at radius 2 is 1.62 bits per heavy atom. The largest absolute Gasteiger partial charge is 0.377 e. The van der Waals surface area contributed by atoms with Crippen molar-refractivity contribution in [2.45, 2.75) is 38.5 Å². The molecule has 0 spiro atoms. The summed E-state index contributed by atoms with van der Waals surface area (Å²) in [4.78, 5) is 0. The summed E-state index contributed by atoms with van der Waals surface area (Å²) in [5, 5.41) is 0. The highest BCUT2D eigenvalue weighted by molar-refractivity contribution is 5.45. The fourth-order valence-corrected chi connectivity index (χ4v) is 2.97. The molecule has 0 saturated heterocycles. The van der Waals surface area contributed by atoms with Gasteiger partial charge in [-0.1, -0.05) is 5.57 Å². The van der Waals surface area contributed by atoms with Crippen molar-refractivity contribution in [1.82, 2.24) is 0 Å². The van der Waals surface area contributed by atoms with Crippen molar-refractivity contribution in [3.8, 4) is 0 Å². The molecule has 1 heteroatoms. The first-order valence-corrected chi connectivity index (χ1v) is 5.45. The zero-order valence-electron chi connectivity index (χ0n) is 8.07. The van der Waals surface area contributed by atoms with Gasteiger partial charge in [-0.2, -0.15) is 0 Å². The maximum Gasteiger partial charge on any atom is 0.0682 e. The van der Waals surface area contributed by atoms with Crippen LogP contribution in [0.25, 0.3) is 0 Å². The lowest BCUT2D eigenvalue weighted by molar-refractivity contribution is 0.144. The summed E-state index contributed by atoms with van der Waals surface area (Å²) in [5.41, 5.74) is 6.84. The van der Waals surface area contributed by atoms with E-state index in [0.29, 0.717) is 0 Å². The zero-order chi connectivity index (χ0) is 8.67. The minimum absolute atomic E-state index is 0.923. The summed E-state index contributed by atoms with van der Waals surface area (Å²) in [6, 6.07) is 0. The number of allylic oxidation sites excluding steroid dienone is 2. The van der Waals surface area contributed by atoms with Crippen LogP contribution in [-0.2, 0) is 4.74 Å². The fourth-order valence-electron chi connectivity index (χ4n) is 2.97. The minimum Gasteiger partial charge on any atom is -0.377 e. The van der Waals surface area contributed by atoms with Crippen molar-refractivity contribution in [1.29, 1.82) is 0 Å². The van der Waals surface area contributed by atoms with Gasteiger partial charge in [0, 0.05) is 0 Å². The molecular formula is C12H16O. The smallest absolute Gasteiger partial charge is 0.0682 e. The lowest BCUT2D eigenvalue weighted by atomic mass is 9.85. The van der Waals surface area contributed by atoms with E-state index >= 15 is 0 Å². The van der Waals surface area contributed by atoms with Crippen LogP contribution in [-0.4, -0.2) is 13.2 Å². The molecule has 0 aromatic rings. The van der Waals surface area contributed by atoms with Crippen molar-refractivity contribution in [2.24, 2.45) is 0 Å². The van der Waals surface area contributed by atoms with Gasteiger partial charge in [0.05, 0.1) is 13.2 Å². The Morgan fingerprint density at radius 3 is 2.62 bits per heavy atom. The lowest BCUT2D eigenvalue weighted by Crippen LogP contribution is -2.15. The molecule has 0 bridgehead atoms. The molecule has 0 atom stereocenters. The van der Waals surface area contributed by atoms with E-state index < -0.39 is 0 Å². The number of hydrogen-bond donors (Lipinski definition) is 0. The Balaban J connectivity index is 2.01. The van der Waals surface area contributed by atoms with Gasteiger partial charge < -0.3 is 4.74 Å². The summed E-state index contributed by atoms with van der Waals surface area (Å²) in [7, 11) is 0. The van der Waals surface area contributed by atoms with Crippen LogP contribution >= 0.6 is 0 Å². The highest BCUT2D eigenvalue weighted by atomic mass is 16.5. The van der Waals surface area contributed by atoms with Crippen LogP contribution in [0.4, 0.5) is 0 Å². The van der Waals surface area contributed by atoms with Crippen LogP contribution < -0.4 is 0 Å². The number of fused-ring (bicyclic) bond motifs is 1. The van der Waals surface area contributed by atoms with Gasteiger partial charge in [-0.15, -0.1) is 0 Å². The summed E-state index contributed by atoms with van der Waals surface area (Å²) >= 11 is 0. The predicted molar refractivity (Wildman–Crippen MR) is 52.6 cm³/mol. The molecule has 70 valence electrons. The van der Waals surface area contributed by atoms with E-state index in [2.05, 4.69) is 0 Å². The van der Waals surface area contributed by atoms with E-state index in [4.69, 9.17) is 4.74 Å². The first-order chi connectivity index (χ1) is 6.45. The second-order valence-corrected chi connectivity index (χ2v) is 4.32. The Labute approximate surface area is 79.5 Å². The average Bonchev–Trinajstić information content (AvgIpc) is 2.65. The molecule has 13 heavy (non-hydrogen) atoms. The molecule has 3 aliphatic rings. The fraction of sp³-hybridized carbons (Fsp3) is 0.667. The molecule has 1 heterocycles. The van der Waals surface area contributed by atoms with E-state index in [1.807, 2.05) is 0 Å². The van der Waals surface area contributed by atoms with Gasteiger partial charge in [-0.3, -0.25) is 0 Å². The third-order valence-corrected chi connectivity index (χ3v) is 3.62. The van der Waals surface area contributed by atoms with Crippen LogP contribution in [0.1, 0.15) is 38.5 Å². The monoisotopic (exact) mass is 176 g/mol. The third kappa shape index (κ3) is 1.18. The zero-order valence-corrected chi connectivity index (χ0v) is 8.07. The van der Waals surface area contributed by atoms with Crippen LogP contribution in [0.3, 0.4) is 0 Å². The Bertz CT molecular complexity index is 296. The van der Waals surface area contributed by atoms with Crippen LogP contribution in [0.15, 0.2) is 22.3 Å². The first kappa shape index (κ1) is 7.81. The molecule has 0 unspecified atom stereocenters. The highest BCUT2D eigenvalue weighted by Gasteiger charge is 2.26. The molecule has 0 aromatic carbocycles. The maximum atomic E-state index is 5.51. The van der Waals surface area contributed by atoms with Gasteiger partial charge in [0.1, 0.15) is 0 Å². The number of ether oxygens (including phenoxy) is 1. The Morgan fingerprint density at radius 1 is 0.769 bits per heavy atom. The van der Waals surface area contributed by atoms with Crippen molar-refractivity contribution in [3.63, 3.8) is 0 Å². The van der Waals surface area contributed by atoms with Gasteiger partial charge in [-0.05, 0) is 55.2 Å². The molecule has 0 amide bonds. The molecule has 0 saturated carbocycles. The summed E-state index contributed by atoms with van der Waals surface area (Å²) in [6.07, 6.45) is 7.95. The Kier molecular flexibility index (Phi) is 1.79. The minimum atomic E-state index is 0.923. The van der Waals surface area contributed by atoms with E-state index in [1.54, 1.807) is 22.3 Å². The summed E-state index contributed by atoms with van der Waals surface area (Å²) in [5.74, 6) is 0. The highest BCUT2D eigenvalue weighted by Crippen LogP contribution is 2.42. The Hall–Kier alpha value is -0.560. The van der Waals surface area contributed by atoms with Crippen LogP contribution in [0.2, 0.25) is 0 Å². The maximum absolute atomic E-state index is 5.51. The molecule has 2 aliphatic carbocycles. The van der Waals surface area contributed by atoms with Crippen molar-refractivity contribution < 1.29 is 4.74 Å². The molecular weight excluding hydrogens is 160 g/mol. The van der Waals surface area contributed by atoms with Crippen LogP contribution in [0, 0.1) is 0 Å². The SMILES string of the molecule is C1CC2=C(C1)C1=C(CC2)COCC1. The topological polar surface area (TPSA) is 9.23 Å². The van der Waals surface area contributed by atoms with Gasteiger partial charge in [-0.25, -0.2) is 0 Å². The predicted octanol–water partition coefficient (Wildman–Crippen LogP) is 2.98. The number of hydrogen-bond acceptors (Lipinski definition) is 1. The summed E-state index contributed by atoms with van der Waals surface area (Å²) < 4.78 is 5.51.